The van der Waals surface area contributed by atoms with E-state index in [9.17, 15) is 14.9 Å². The molecule has 2 rings (SSSR count). The molecule has 0 radical (unpaired) electrons. The highest BCUT2D eigenvalue weighted by Gasteiger charge is 2.23. The van der Waals surface area contributed by atoms with E-state index in [1.165, 1.54) is 12.1 Å². The average Bonchev–Trinajstić information content (AvgIpc) is 2.28. The molecule has 8 heteroatoms. The molecule has 1 aromatic heterocycles. The molecule has 0 spiro atoms. The van der Waals surface area contributed by atoms with Crippen molar-refractivity contribution in [2.75, 3.05) is 0 Å². The summed E-state index contributed by atoms with van der Waals surface area (Å²) in [4.78, 5) is 23.7. The van der Waals surface area contributed by atoms with Crippen LogP contribution in [0.15, 0.2) is 38.6 Å². The molecule has 0 amide bonds. The zero-order chi connectivity index (χ0) is 12.4. The molecule has 0 N–H and O–H groups in total. The fraction of sp³-hybridized carbons (Fsp3) is 0. The predicted molar refractivity (Wildman–Crippen MR) is 57.9 cm³/mol. The lowest BCUT2D eigenvalue weighted by molar-refractivity contribution is -0.386. The SMILES string of the molecule is [N-]=[N+]=Nc1c([N+](=O)[O-])c(=O)oc2ccccc12. The Kier molecular flexibility index (Phi) is 2.48. The van der Waals surface area contributed by atoms with E-state index in [0.29, 0.717) is 0 Å². The van der Waals surface area contributed by atoms with Crippen molar-refractivity contribution >= 4 is 22.3 Å². The van der Waals surface area contributed by atoms with Crippen molar-refractivity contribution in [2.45, 2.75) is 0 Å². The Labute approximate surface area is 92.9 Å². The van der Waals surface area contributed by atoms with E-state index < -0.39 is 16.2 Å². The third-order valence-electron chi connectivity index (χ3n) is 2.09. The van der Waals surface area contributed by atoms with Crippen LogP contribution in [0.3, 0.4) is 0 Å². The second-order valence-electron chi connectivity index (χ2n) is 3.03. The van der Waals surface area contributed by atoms with E-state index in [1.54, 1.807) is 12.1 Å². The fourth-order valence-corrected chi connectivity index (χ4v) is 1.43. The molecule has 0 aliphatic carbocycles. The number of benzene rings is 1. The maximum atomic E-state index is 11.4. The number of azide groups is 1. The van der Waals surface area contributed by atoms with E-state index in [2.05, 4.69) is 10.0 Å². The van der Waals surface area contributed by atoms with Crippen molar-refractivity contribution in [1.29, 1.82) is 0 Å². The zero-order valence-corrected chi connectivity index (χ0v) is 8.23. The van der Waals surface area contributed by atoms with Gasteiger partial charge in [0.05, 0.1) is 4.92 Å². The Morgan fingerprint density at radius 2 is 2.12 bits per heavy atom. The second kappa shape index (κ2) is 3.95. The van der Waals surface area contributed by atoms with Crippen LogP contribution in [0.2, 0.25) is 0 Å². The maximum Gasteiger partial charge on any atom is 0.415 e. The lowest BCUT2D eigenvalue weighted by Gasteiger charge is -2.00. The second-order valence-corrected chi connectivity index (χ2v) is 3.03. The first-order valence-electron chi connectivity index (χ1n) is 4.40. The summed E-state index contributed by atoms with van der Waals surface area (Å²) in [5, 5.41) is 14.1. The van der Waals surface area contributed by atoms with Gasteiger partial charge in [0.25, 0.3) is 0 Å². The number of para-hydroxylation sites is 1. The molecule has 0 aliphatic heterocycles. The van der Waals surface area contributed by atoms with Gasteiger partial charge < -0.3 is 4.42 Å². The summed E-state index contributed by atoms with van der Waals surface area (Å²) in [6, 6.07) is 6.10. The van der Waals surface area contributed by atoms with Crippen LogP contribution < -0.4 is 5.63 Å². The van der Waals surface area contributed by atoms with Crippen LogP contribution in [-0.4, -0.2) is 4.92 Å². The van der Waals surface area contributed by atoms with Gasteiger partial charge in [0.15, 0.2) is 0 Å². The van der Waals surface area contributed by atoms with E-state index in [-0.39, 0.29) is 16.7 Å². The van der Waals surface area contributed by atoms with Gasteiger partial charge in [-0.05, 0) is 11.6 Å². The number of hydrogen-bond donors (Lipinski definition) is 0. The van der Waals surface area contributed by atoms with E-state index in [4.69, 9.17) is 9.95 Å². The lowest BCUT2D eigenvalue weighted by atomic mass is 10.2. The maximum absolute atomic E-state index is 11.4. The third kappa shape index (κ3) is 1.68. The summed E-state index contributed by atoms with van der Waals surface area (Å²) in [6.45, 7) is 0. The summed E-state index contributed by atoms with van der Waals surface area (Å²) in [5.74, 6) is 0. The van der Waals surface area contributed by atoms with Gasteiger partial charge >= 0.3 is 11.3 Å². The van der Waals surface area contributed by atoms with Crippen molar-refractivity contribution in [3.05, 3.63) is 55.2 Å². The summed E-state index contributed by atoms with van der Waals surface area (Å²) in [7, 11) is 0. The molecule has 0 aliphatic rings. The molecule has 2 aromatic rings. The van der Waals surface area contributed by atoms with Gasteiger partial charge in [0.2, 0.25) is 0 Å². The minimum Gasteiger partial charge on any atom is -0.418 e. The van der Waals surface area contributed by atoms with Crippen LogP contribution in [0.25, 0.3) is 21.4 Å². The normalized spacial score (nSPS) is 9.88. The number of fused-ring (bicyclic) bond motifs is 1. The first kappa shape index (κ1) is 10.7. The molecule has 0 saturated heterocycles. The van der Waals surface area contributed by atoms with Gasteiger partial charge in [0, 0.05) is 10.3 Å². The quantitative estimate of drug-likeness (QED) is 0.197. The molecule has 84 valence electrons. The first-order valence-corrected chi connectivity index (χ1v) is 4.40. The molecular formula is C9H4N4O4. The number of nitro groups is 1. The Morgan fingerprint density at radius 1 is 1.41 bits per heavy atom. The Balaban J connectivity index is 3.04. The number of hydrogen-bond acceptors (Lipinski definition) is 5. The number of nitrogens with zero attached hydrogens (tertiary/aromatic N) is 4. The van der Waals surface area contributed by atoms with Crippen molar-refractivity contribution in [2.24, 2.45) is 5.11 Å². The molecule has 0 fully saturated rings. The standard InChI is InChI=1S/C9H4N4O4/c10-12-11-7-5-3-1-2-4-6(5)17-9(14)8(7)13(15)16/h1-4H. The van der Waals surface area contributed by atoms with E-state index in [1.807, 2.05) is 0 Å². The van der Waals surface area contributed by atoms with Crippen LogP contribution in [0, 0.1) is 10.1 Å². The van der Waals surface area contributed by atoms with Gasteiger partial charge in [-0.3, -0.25) is 10.1 Å². The van der Waals surface area contributed by atoms with Gasteiger partial charge in [0.1, 0.15) is 11.3 Å². The third-order valence-corrected chi connectivity index (χ3v) is 2.09. The van der Waals surface area contributed by atoms with Gasteiger partial charge in [-0.15, -0.1) is 0 Å². The van der Waals surface area contributed by atoms with Crippen molar-refractivity contribution in [3.8, 4) is 0 Å². The summed E-state index contributed by atoms with van der Waals surface area (Å²) in [5.41, 5.74) is 6.18. The van der Waals surface area contributed by atoms with Crippen molar-refractivity contribution in [3.63, 3.8) is 0 Å². The monoisotopic (exact) mass is 232 g/mol. The Hall–Kier alpha value is -2.86. The highest BCUT2D eigenvalue weighted by Crippen LogP contribution is 2.32. The predicted octanol–water partition coefficient (Wildman–Crippen LogP) is 2.64. The average molecular weight is 232 g/mol. The molecular weight excluding hydrogens is 228 g/mol. The topological polar surface area (TPSA) is 122 Å². The summed E-state index contributed by atoms with van der Waals surface area (Å²) < 4.78 is 4.76. The first-order chi connectivity index (χ1) is 8.15. The van der Waals surface area contributed by atoms with Crippen LogP contribution in [0.1, 0.15) is 0 Å². The van der Waals surface area contributed by atoms with Crippen molar-refractivity contribution < 1.29 is 9.34 Å². The molecule has 8 nitrogen and oxygen atoms in total. The molecule has 0 unspecified atom stereocenters. The molecule has 0 saturated carbocycles. The van der Waals surface area contributed by atoms with Gasteiger partial charge in [-0.1, -0.05) is 23.3 Å². The van der Waals surface area contributed by atoms with Crippen molar-refractivity contribution in [1.82, 2.24) is 0 Å². The molecule has 0 bridgehead atoms. The van der Waals surface area contributed by atoms with Crippen LogP contribution >= 0.6 is 0 Å². The van der Waals surface area contributed by atoms with Crippen LogP contribution in [0.4, 0.5) is 11.4 Å². The Morgan fingerprint density at radius 3 is 2.76 bits per heavy atom. The minimum absolute atomic E-state index is 0.130. The fourth-order valence-electron chi connectivity index (χ4n) is 1.43. The number of rotatable bonds is 2. The zero-order valence-electron chi connectivity index (χ0n) is 8.23. The van der Waals surface area contributed by atoms with Gasteiger partial charge in [-0.25, -0.2) is 4.79 Å². The highest BCUT2D eigenvalue weighted by atomic mass is 16.6. The lowest BCUT2D eigenvalue weighted by Crippen LogP contribution is -2.06. The molecule has 0 atom stereocenters. The molecule has 1 heterocycles. The Bertz CT molecular complexity index is 714. The minimum atomic E-state index is -1.14. The molecule has 17 heavy (non-hydrogen) atoms. The largest absolute Gasteiger partial charge is 0.418 e. The smallest absolute Gasteiger partial charge is 0.415 e. The van der Waals surface area contributed by atoms with Crippen LogP contribution in [-0.2, 0) is 0 Å². The summed E-state index contributed by atoms with van der Waals surface area (Å²) >= 11 is 0. The van der Waals surface area contributed by atoms with Crippen LogP contribution in [0.5, 0.6) is 0 Å². The van der Waals surface area contributed by atoms with E-state index in [0.717, 1.165) is 0 Å². The highest BCUT2D eigenvalue weighted by molar-refractivity contribution is 5.92. The molecule has 1 aromatic carbocycles. The summed E-state index contributed by atoms with van der Waals surface area (Å²) in [6.07, 6.45) is 0. The van der Waals surface area contributed by atoms with Gasteiger partial charge in [-0.2, -0.15) is 0 Å². The van der Waals surface area contributed by atoms with E-state index >= 15 is 0 Å².